The van der Waals surface area contributed by atoms with Gasteiger partial charge in [0.25, 0.3) is 15.9 Å². The highest BCUT2D eigenvalue weighted by Crippen LogP contribution is 2.30. The van der Waals surface area contributed by atoms with E-state index in [1.165, 1.54) is 31.0 Å². The molecule has 0 unspecified atom stereocenters. The van der Waals surface area contributed by atoms with Crippen molar-refractivity contribution in [3.05, 3.63) is 87.9 Å². The van der Waals surface area contributed by atoms with E-state index in [0.717, 1.165) is 15.4 Å². The quantitative estimate of drug-likeness (QED) is 0.288. The summed E-state index contributed by atoms with van der Waals surface area (Å²) < 4.78 is 33.8. The maximum absolute atomic E-state index is 13.5. The van der Waals surface area contributed by atoms with Gasteiger partial charge in [-0.05, 0) is 70.2 Å². The first kappa shape index (κ1) is 26.4. The van der Waals surface area contributed by atoms with Crippen molar-refractivity contribution in [2.24, 2.45) is 5.10 Å². The highest BCUT2D eigenvalue weighted by Gasteiger charge is 2.28. The summed E-state index contributed by atoms with van der Waals surface area (Å²) in [7, 11) is -2.57. The van der Waals surface area contributed by atoms with E-state index in [4.69, 9.17) is 4.74 Å². The Kier molecular flexibility index (Phi) is 8.69. The van der Waals surface area contributed by atoms with Crippen molar-refractivity contribution in [1.29, 1.82) is 0 Å². The highest BCUT2D eigenvalue weighted by molar-refractivity contribution is 9.10. The maximum atomic E-state index is 13.5. The molecule has 0 radical (unpaired) electrons. The second-order valence-corrected chi connectivity index (χ2v) is 11.0. The number of hydrazone groups is 1. The van der Waals surface area contributed by atoms with E-state index in [1.54, 1.807) is 30.3 Å². The molecule has 184 valence electrons. The summed E-state index contributed by atoms with van der Waals surface area (Å²) in [6.45, 7) is 5.68. The molecule has 0 fully saturated rings. The lowest BCUT2D eigenvalue weighted by atomic mass is 10.0. The molecule has 0 saturated heterocycles. The van der Waals surface area contributed by atoms with E-state index in [0.29, 0.717) is 21.8 Å². The molecule has 0 aliphatic rings. The molecule has 0 aliphatic heterocycles. The Morgan fingerprint density at radius 3 is 2.31 bits per heavy atom. The molecule has 0 saturated carbocycles. The standard InChI is InChI=1S/C26H28BrN3O4S/c1-18(2)21-9-7-20(8-10-21)16-28-29-26(31)17-30(22-11-5-19(3)6-12-22)35(32,33)23-13-14-25(34-4)24(27)15-23/h5-16,18H,17H2,1-4H3,(H,29,31)/b28-16-. The van der Waals surface area contributed by atoms with Gasteiger partial charge < -0.3 is 4.74 Å². The Morgan fingerprint density at radius 2 is 1.74 bits per heavy atom. The minimum absolute atomic E-state index is 0.0206. The average molecular weight is 558 g/mol. The van der Waals surface area contributed by atoms with E-state index in [1.807, 2.05) is 31.2 Å². The number of sulfonamides is 1. The number of amides is 1. The molecule has 0 aliphatic carbocycles. The van der Waals surface area contributed by atoms with Crippen molar-refractivity contribution in [3.8, 4) is 5.75 Å². The third-order valence-corrected chi connectivity index (χ3v) is 7.72. The molecule has 0 atom stereocenters. The summed E-state index contributed by atoms with van der Waals surface area (Å²) >= 11 is 3.33. The minimum atomic E-state index is -4.06. The van der Waals surface area contributed by atoms with Crippen LogP contribution >= 0.6 is 15.9 Å². The largest absolute Gasteiger partial charge is 0.496 e. The van der Waals surface area contributed by atoms with Gasteiger partial charge >= 0.3 is 0 Å². The number of methoxy groups -OCH3 is 1. The van der Waals surface area contributed by atoms with E-state index in [-0.39, 0.29) is 4.90 Å². The molecule has 0 heterocycles. The van der Waals surface area contributed by atoms with Crippen molar-refractivity contribution in [2.75, 3.05) is 18.0 Å². The van der Waals surface area contributed by atoms with E-state index in [2.05, 4.69) is 40.3 Å². The SMILES string of the molecule is COc1ccc(S(=O)(=O)N(CC(=O)N/N=C\c2ccc(C(C)C)cc2)c2ccc(C)cc2)cc1Br. The third kappa shape index (κ3) is 6.70. The predicted octanol–water partition coefficient (Wildman–Crippen LogP) is 5.24. The van der Waals surface area contributed by atoms with Crippen molar-refractivity contribution >= 4 is 43.8 Å². The molecular formula is C26H28BrN3O4S. The number of carbonyl (C=O) groups excluding carboxylic acids is 1. The van der Waals surface area contributed by atoms with Gasteiger partial charge in [-0.3, -0.25) is 9.10 Å². The van der Waals surface area contributed by atoms with Crippen LogP contribution in [-0.4, -0.2) is 34.2 Å². The molecule has 3 rings (SSSR count). The van der Waals surface area contributed by atoms with Gasteiger partial charge in [0.1, 0.15) is 12.3 Å². The molecule has 9 heteroatoms. The van der Waals surface area contributed by atoms with E-state index < -0.39 is 22.5 Å². The minimum Gasteiger partial charge on any atom is -0.496 e. The summed E-state index contributed by atoms with van der Waals surface area (Å²) in [6, 6.07) is 19.2. The van der Waals surface area contributed by atoms with Gasteiger partial charge in [-0.2, -0.15) is 5.10 Å². The summed E-state index contributed by atoms with van der Waals surface area (Å²) in [4.78, 5) is 12.7. The second-order valence-electron chi connectivity index (χ2n) is 8.26. The number of ether oxygens (including phenoxy) is 1. The Balaban J connectivity index is 1.82. The number of hydrogen-bond donors (Lipinski definition) is 1. The predicted molar refractivity (Wildman–Crippen MR) is 143 cm³/mol. The number of hydrogen-bond acceptors (Lipinski definition) is 5. The number of nitrogens with one attached hydrogen (secondary N) is 1. The van der Waals surface area contributed by atoms with E-state index >= 15 is 0 Å². The number of carbonyl (C=O) groups is 1. The average Bonchev–Trinajstić information content (AvgIpc) is 2.83. The summed E-state index contributed by atoms with van der Waals surface area (Å²) in [5.74, 6) is 0.345. The fourth-order valence-electron chi connectivity index (χ4n) is 3.27. The normalized spacial score (nSPS) is 11.6. The van der Waals surface area contributed by atoms with Gasteiger partial charge in [0.2, 0.25) is 0 Å². The van der Waals surface area contributed by atoms with Crippen LogP contribution in [0.3, 0.4) is 0 Å². The fourth-order valence-corrected chi connectivity index (χ4v) is 5.41. The van der Waals surface area contributed by atoms with Gasteiger partial charge in [0.15, 0.2) is 0 Å². The first-order valence-electron chi connectivity index (χ1n) is 11.0. The number of rotatable bonds is 9. The Bertz CT molecular complexity index is 1310. The van der Waals surface area contributed by atoms with Crippen LogP contribution in [0.5, 0.6) is 5.75 Å². The number of benzene rings is 3. The smallest absolute Gasteiger partial charge is 0.264 e. The summed E-state index contributed by atoms with van der Waals surface area (Å²) in [5, 5.41) is 4.00. The summed E-state index contributed by atoms with van der Waals surface area (Å²) in [6.07, 6.45) is 1.52. The third-order valence-electron chi connectivity index (χ3n) is 5.33. The fraction of sp³-hybridized carbons (Fsp3) is 0.231. The molecule has 0 spiro atoms. The molecule has 3 aromatic carbocycles. The zero-order chi connectivity index (χ0) is 25.6. The molecule has 1 N–H and O–H groups in total. The lowest BCUT2D eigenvalue weighted by Crippen LogP contribution is -2.39. The Labute approximate surface area is 215 Å². The molecule has 0 bridgehead atoms. The molecule has 7 nitrogen and oxygen atoms in total. The van der Waals surface area contributed by atoms with Crippen molar-refractivity contribution < 1.29 is 17.9 Å². The molecule has 0 aromatic heterocycles. The summed E-state index contributed by atoms with van der Waals surface area (Å²) in [5.41, 5.74) is 5.79. The second kappa shape index (κ2) is 11.5. The van der Waals surface area contributed by atoms with Crippen LogP contribution in [0.2, 0.25) is 0 Å². The van der Waals surface area contributed by atoms with Crippen molar-refractivity contribution in [1.82, 2.24) is 5.43 Å². The van der Waals surface area contributed by atoms with Gasteiger partial charge in [-0.1, -0.05) is 55.8 Å². The van der Waals surface area contributed by atoms with E-state index in [9.17, 15) is 13.2 Å². The molecular weight excluding hydrogens is 530 g/mol. The van der Waals surface area contributed by atoms with Gasteiger partial charge in [0, 0.05) is 0 Å². The first-order chi connectivity index (χ1) is 16.6. The van der Waals surface area contributed by atoms with Crippen molar-refractivity contribution in [2.45, 2.75) is 31.6 Å². The first-order valence-corrected chi connectivity index (χ1v) is 13.2. The lowest BCUT2D eigenvalue weighted by molar-refractivity contribution is -0.119. The van der Waals surface area contributed by atoms with Gasteiger partial charge in [0.05, 0.1) is 28.4 Å². The van der Waals surface area contributed by atoms with Crippen LogP contribution < -0.4 is 14.5 Å². The molecule has 1 amide bonds. The van der Waals surface area contributed by atoms with Crippen molar-refractivity contribution in [3.63, 3.8) is 0 Å². The van der Waals surface area contributed by atoms with Crippen LogP contribution in [-0.2, 0) is 14.8 Å². The topological polar surface area (TPSA) is 88.1 Å². The Morgan fingerprint density at radius 1 is 1.09 bits per heavy atom. The zero-order valence-corrected chi connectivity index (χ0v) is 22.4. The number of aryl methyl sites for hydroxylation is 1. The zero-order valence-electron chi connectivity index (χ0n) is 20.0. The van der Waals surface area contributed by atoms with Gasteiger partial charge in [-0.15, -0.1) is 0 Å². The number of nitrogens with zero attached hydrogens (tertiary/aromatic N) is 2. The van der Waals surface area contributed by atoms with Crippen LogP contribution in [0.1, 0.15) is 36.5 Å². The van der Waals surface area contributed by atoms with Crippen LogP contribution in [0.25, 0.3) is 0 Å². The van der Waals surface area contributed by atoms with Crippen LogP contribution in [0.4, 0.5) is 5.69 Å². The number of anilines is 1. The Hall–Kier alpha value is -3.17. The monoisotopic (exact) mass is 557 g/mol. The highest BCUT2D eigenvalue weighted by atomic mass is 79.9. The lowest BCUT2D eigenvalue weighted by Gasteiger charge is -2.24. The van der Waals surface area contributed by atoms with Crippen LogP contribution in [0.15, 0.2) is 81.2 Å². The van der Waals surface area contributed by atoms with Gasteiger partial charge in [-0.25, -0.2) is 13.8 Å². The molecule has 3 aromatic rings. The van der Waals surface area contributed by atoms with Crippen LogP contribution in [0, 0.1) is 6.92 Å². The maximum Gasteiger partial charge on any atom is 0.264 e. The number of halogens is 1. The molecule has 35 heavy (non-hydrogen) atoms.